The number of ether oxygens (including phenoxy) is 1. The number of aromatic nitrogens is 2. The lowest BCUT2D eigenvalue weighted by Gasteiger charge is -2.30. The van der Waals surface area contributed by atoms with Gasteiger partial charge in [0.05, 0.1) is 39.3 Å². The predicted molar refractivity (Wildman–Crippen MR) is 143 cm³/mol. The Morgan fingerprint density at radius 2 is 2.13 bits per heavy atom. The van der Waals surface area contributed by atoms with Crippen LogP contribution in [0.15, 0.2) is 35.4 Å². The summed E-state index contributed by atoms with van der Waals surface area (Å²) in [6, 6.07) is 8.46. The Kier molecular flexibility index (Phi) is 6.56. The van der Waals surface area contributed by atoms with E-state index in [2.05, 4.69) is 31.6 Å². The summed E-state index contributed by atoms with van der Waals surface area (Å²) < 4.78 is 68.3. The van der Waals surface area contributed by atoms with E-state index in [-0.39, 0.29) is 40.4 Å². The van der Waals surface area contributed by atoms with Gasteiger partial charge in [0.1, 0.15) is 5.56 Å². The van der Waals surface area contributed by atoms with Crippen molar-refractivity contribution in [1.29, 1.82) is 0 Å². The summed E-state index contributed by atoms with van der Waals surface area (Å²) in [5.74, 6) is 0.0376. The number of nitrogens with zero attached hydrogens (tertiary/aromatic N) is 3. The third-order valence-corrected chi connectivity index (χ3v) is 10.3. The van der Waals surface area contributed by atoms with E-state index in [4.69, 9.17) is 4.74 Å². The first-order valence-corrected chi connectivity index (χ1v) is 15.0. The fourth-order valence-corrected chi connectivity index (χ4v) is 8.26. The maximum absolute atomic E-state index is 13.9. The number of benzene rings is 1. The average Bonchev–Trinajstić information content (AvgIpc) is 3.61. The first kappa shape index (κ1) is 25.8. The van der Waals surface area contributed by atoms with Crippen LogP contribution in [0.1, 0.15) is 29.3 Å². The Morgan fingerprint density at radius 1 is 1.29 bits per heavy atom. The lowest BCUT2D eigenvalue weighted by atomic mass is 10.1. The number of aryl methyl sites for hydroxylation is 1. The normalized spacial score (nSPS) is 23.3. The highest BCUT2D eigenvalue weighted by Crippen LogP contribution is 2.55. The van der Waals surface area contributed by atoms with Gasteiger partial charge in [-0.05, 0) is 42.7 Å². The van der Waals surface area contributed by atoms with Gasteiger partial charge >= 0.3 is 6.18 Å². The maximum Gasteiger partial charge on any atom is 0.420 e. The molecular weight excluding hydrogens is 539 g/mol. The van der Waals surface area contributed by atoms with Crippen molar-refractivity contribution in [2.24, 2.45) is 0 Å². The van der Waals surface area contributed by atoms with Crippen molar-refractivity contribution in [2.45, 2.75) is 49.5 Å². The third kappa shape index (κ3) is 4.75. The highest BCUT2D eigenvalue weighted by molar-refractivity contribution is 8.24. The quantitative estimate of drug-likeness (QED) is 0.311. The topological polar surface area (TPSA) is 103 Å². The molecule has 0 amide bonds. The van der Waals surface area contributed by atoms with E-state index < -0.39 is 22.3 Å². The molecule has 0 radical (unpaired) electrons. The molecule has 13 heteroatoms. The Labute approximate surface area is 223 Å². The number of hydrogen-bond donors (Lipinski definition) is 4. The lowest BCUT2D eigenvalue weighted by molar-refractivity contribution is -0.137. The lowest BCUT2D eigenvalue weighted by Crippen LogP contribution is -2.43. The minimum Gasteiger partial charge on any atom is -0.374 e. The number of thiophene rings is 1. The van der Waals surface area contributed by atoms with E-state index in [1.54, 1.807) is 0 Å². The van der Waals surface area contributed by atoms with Crippen molar-refractivity contribution in [1.82, 2.24) is 15.3 Å². The summed E-state index contributed by atoms with van der Waals surface area (Å²) in [6.45, 7) is 4.24. The number of nitrogens with one attached hydrogen (secondary N) is 2. The SMILES string of the molecule is CCc1cc(N2C[C@H]3C[C@@H]2CN3)ccc1Nc1ncc(C(F)(F)F)c(-c2cc3c(s2)COCCS3(O)O)n1. The second-order valence-corrected chi connectivity index (χ2v) is 13.1. The molecule has 0 aliphatic carbocycles. The summed E-state index contributed by atoms with van der Waals surface area (Å²) in [5.41, 5.74) is 1.59. The monoisotopic (exact) mass is 567 g/mol. The number of alkyl halides is 3. The first-order chi connectivity index (χ1) is 18.1. The van der Waals surface area contributed by atoms with Gasteiger partial charge in [0.15, 0.2) is 0 Å². The van der Waals surface area contributed by atoms with Crippen molar-refractivity contribution in [3.8, 4) is 10.6 Å². The van der Waals surface area contributed by atoms with Gasteiger partial charge in [0, 0.05) is 42.7 Å². The van der Waals surface area contributed by atoms with Crippen LogP contribution in [-0.2, 0) is 23.9 Å². The van der Waals surface area contributed by atoms with Gasteiger partial charge in [-0.1, -0.05) is 6.92 Å². The van der Waals surface area contributed by atoms with E-state index in [1.807, 2.05) is 19.1 Å². The number of rotatable bonds is 5. The average molecular weight is 568 g/mol. The number of halogens is 3. The standard InChI is InChI=1S/C25H28F3N5O3S2/c1-2-14-7-16(33-12-15-8-17(33)10-29-15)3-4-19(14)31-24-30-11-18(25(26,27)28)23(32-24)20-9-22-21(37-20)13-36-5-6-38(22,34)35/h3-4,7,9,11,15,17,29,34-35H,2,5-6,8,10,12-13H2,1H3,(H,30,31,32)/t15-,17-/m1/s1. The van der Waals surface area contributed by atoms with Crippen molar-refractivity contribution in [3.05, 3.63) is 46.5 Å². The van der Waals surface area contributed by atoms with E-state index in [9.17, 15) is 22.3 Å². The highest BCUT2D eigenvalue weighted by Gasteiger charge is 2.38. The van der Waals surface area contributed by atoms with Gasteiger partial charge in [-0.25, -0.2) is 9.97 Å². The predicted octanol–water partition coefficient (Wildman–Crippen LogP) is 5.72. The van der Waals surface area contributed by atoms with Crippen molar-refractivity contribution >= 4 is 39.2 Å². The second kappa shape index (κ2) is 9.65. The largest absolute Gasteiger partial charge is 0.420 e. The fourth-order valence-electron chi connectivity index (χ4n) is 5.36. The molecule has 3 aliphatic rings. The summed E-state index contributed by atoms with van der Waals surface area (Å²) in [5, 5.41) is 6.62. The van der Waals surface area contributed by atoms with Gasteiger partial charge in [-0.2, -0.15) is 23.8 Å². The number of hydrogen-bond acceptors (Lipinski definition) is 9. The molecular formula is C25H28F3N5O3S2. The molecule has 0 spiro atoms. The molecule has 38 heavy (non-hydrogen) atoms. The molecule has 8 nitrogen and oxygen atoms in total. The van der Waals surface area contributed by atoms with Gasteiger partial charge in [-0.15, -0.1) is 11.3 Å². The van der Waals surface area contributed by atoms with Gasteiger partial charge in [0.2, 0.25) is 5.95 Å². The van der Waals surface area contributed by atoms with E-state index in [1.165, 1.54) is 6.07 Å². The summed E-state index contributed by atoms with van der Waals surface area (Å²) in [4.78, 5) is 11.6. The molecule has 3 aromatic rings. The number of anilines is 3. The zero-order valence-electron chi connectivity index (χ0n) is 20.6. The Hall–Kier alpha value is -2.42. The Balaban J connectivity index is 1.34. The highest BCUT2D eigenvalue weighted by atomic mass is 32.3. The van der Waals surface area contributed by atoms with Crippen LogP contribution < -0.4 is 15.5 Å². The maximum atomic E-state index is 13.9. The summed E-state index contributed by atoms with van der Waals surface area (Å²) in [7, 11) is -3.16. The molecule has 2 fully saturated rings. The number of piperazine rings is 1. The van der Waals surface area contributed by atoms with E-state index in [0.717, 1.165) is 60.4 Å². The van der Waals surface area contributed by atoms with Crippen LogP contribution in [0.4, 0.5) is 30.5 Å². The molecule has 6 rings (SSSR count). The smallest absolute Gasteiger partial charge is 0.374 e. The van der Waals surface area contributed by atoms with Crippen LogP contribution in [0.3, 0.4) is 0 Å². The summed E-state index contributed by atoms with van der Waals surface area (Å²) in [6.07, 6.45) is -2.05. The zero-order valence-corrected chi connectivity index (χ0v) is 22.2. The summed E-state index contributed by atoms with van der Waals surface area (Å²) >= 11 is 1.03. The Bertz CT molecular complexity index is 1370. The molecule has 0 saturated carbocycles. The molecule has 1 aromatic carbocycles. The molecule has 204 valence electrons. The third-order valence-electron chi connectivity index (χ3n) is 7.30. The van der Waals surface area contributed by atoms with Crippen molar-refractivity contribution in [2.75, 3.05) is 35.7 Å². The van der Waals surface area contributed by atoms with Crippen molar-refractivity contribution < 1.29 is 27.0 Å². The van der Waals surface area contributed by atoms with Crippen LogP contribution in [0, 0.1) is 0 Å². The zero-order chi connectivity index (χ0) is 26.7. The number of fused-ring (bicyclic) bond motifs is 3. The van der Waals surface area contributed by atoms with Gasteiger partial charge in [0.25, 0.3) is 0 Å². The van der Waals surface area contributed by atoms with E-state index in [0.29, 0.717) is 17.0 Å². The fraction of sp³-hybridized carbons (Fsp3) is 0.440. The molecule has 5 heterocycles. The molecule has 2 saturated heterocycles. The van der Waals surface area contributed by atoms with Crippen LogP contribution in [-0.4, -0.2) is 56.6 Å². The molecule has 3 aliphatic heterocycles. The molecule has 4 N–H and O–H groups in total. The van der Waals surface area contributed by atoms with Crippen LogP contribution in [0.5, 0.6) is 0 Å². The molecule has 2 aromatic heterocycles. The van der Waals surface area contributed by atoms with Gasteiger partial charge in [-0.3, -0.25) is 9.11 Å². The van der Waals surface area contributed by atoms with Crippen LogP contribution in [0.2, 0.25) is 0 Å². The Morgan fingerprint density at radius 3 is 2.84 bits per heavy atom. The molecule has 2 bridgehead atoms. The van der Waals surface area contributed by atoms with E-state index >= 15 is 0 Å². The molecule has 2 atom stereocenters. The minimum absolute atomic E-state index is 0.00398. The van der Waals surface area contributed by atoms with Gasteiger partial charge < -0.3 is 20.3 Å². The van der Waals surface area contributed by atoms with Crippen molar-refractivity contribution in [3.63, 3.8) is 0 Å². The first-order valence-electron chi connectivity index (χ1n) is 12.4. The second-order valence-electron chi connectivity index (χ2n) is 9.74. The minimum atomic E-state index is -4.69. The van der Waals surface area contributed by atoms with Crippen LogP contribution >= 0.6 is 21.9 Å². The van der Waals surface area contributed by atoms with Crippen LogP contribution in [0.25, 0.3) is 10.6 Å². The molecule has 0 unspecified atom stereocenters.